The van der Waals surface area contributed by atoms with E-state index in [4.69, 9.17) is 0 Å². The highest BCUT2D eigenvalue weighted by atomic mass is 15.2. The second-order valence-electron chi connectivity index (χ2n) is 2.77. The van der Waals surface area contributed by atoms with E-state index in [-0.39, 0.29) is 0 Å². The molecule has 0 aliphatic rings. The van der Waals surface area contributed by atoms with Crippen LogP contribution in [0.2, 0.25) is 0 Å². The average Bonchev–Trinajstić information content (AvgIpc) is 2.56. The molecule has 0 saturated heterocycles. The zero-order valence-electron chi connectivity index (χ0n) is 7.67. The van der Waals surface area contributed by atoms with E-state index in [1.54, 1.807) is 6.33 Å². The Morgan fingerprint density at radius 1 is 1.58 bits per heavy atom. The highest BCUT2D eigenvalue weighted by molar-refractivity contribution is 4.90. The van der Waals surface area contributed by atoms with Crippen molar-refractivity contribution in [3.63, 3.8) is 0 Å². The topological polar surface area (TPSA) is 53.6 Å². The zero-order valence-corrected chi connectivity index (χ0v) is 7.67. The molecule has 12 heavy (non-hydrogen) atoms. The van der Waals surface area contributed by atoms with Crippen molar-refractivity contribution in [3.05, 3.63) is 12.2 Å². The van der Waals surface area contributed by atoms with Crippen LogP contribution in [0.3, 0.4) is 0 Å². The van der Waals surface area contributed by atoms with Gasteiger partial charge in [-0.2, -0.15) is 5.10 Å². The number of rotatable bonds is 5. The summed E-state index contributed by atoms with van der Waals surface area (Å²) in [4.78, 5) is 4.12. The van der Waals surface area contributed by atoms with Gasteiger partial charge >= 0.3 is 0 Å². The van der Waals surface area contributed by atoms with Crippen LogP contribution in [0, 0.1) is 0 Å². The van der Waals surface area contributed by atoms with Crippen molar-refractivity contribution < 1.29 is 0 Å². The van der Waals surface area contributed by atoms with Gasteiger partial charge in [0.15, 0.2) is 0 Å². The lowest BCUT2D eigenvalue weighted by atomic mass is 10.1. The van der Waals surface area contributed by atoms with Gasteiger partial charge in [-0.05, 0) is 13.0 Å². The van der Waals surface area contributed by atoms with Crippen LogP contribution in [-0.4, -0.2) is 21.7 Å². The SMILES string of the molecule is CCCC(NCC)c1ncn[nH]1. The highest BCUT2D eigenvalue weighted by Gasteiger charge is 2.10. The molecule has 0 saturated carbocycles. The lowest BCUT2D eigenvalue weighted by Gasteiger charge is -2.13. The van der Waals surface area contributed by atoms with Gasteiger partial charge in [0.05, 0.1) is 6.04 Å². The first-order chi connectivity index (χ1) is 5.88. The van der Waals surface area contributed by atoms with Gasteiger partial charge in [0.25, 0.3) is 0 Å². The van der Waals surface area contributed by atoms with Crippen LogP contribution in [0.4, 0.5) is 0 Å². The van der Waals surface area contributed by atoms with E-state index >= 15 is 0 Å². The highest BCUT2D eigenvalue weighted by Crippen LogP contribution is 2.12. The van der Waals surface area contributed by atoms with Crippen LogP contribution in [0.5, 0.6) is 0 Å². The molecule has 0 aliphatic carbocycles. The van der Waals surface area contributed by atoms with E-state index in [1.807, 2.05) is 0 Å². The molecule has 0 radical (unpaired) electrons. The molecule has 1 atom stereocenters. The van der Waals surface area contributed by atoms with E-state index < -0.39 is 0 Å². The van der Waals surface area contributed by atoms with Crippen LogP contribution in [0.25, 0.3) is 0 Å². The number of H-pyrrole nitrogens is 1. The number of aromatic nitrogens is 3. The first-order valence-electron chi connectivity index (χ1n) is 4.47. The molecule has 0 spiro atoms. The predicted octanol–water partition coefficient (Wildman–Crippen LogP) is 1.26. The standard InChI is InChI=1S/C8H16N4/c1-3-5-7(9-4-2)8-10-6-11-12-8/h6-7,9H,3-5H2,1-2H3,(H,10,11,12). The second kappa shape index (κ2) is 4.87. The molecule has 0 bridgehead atoms. The number of hydrogen-bond acceptors (Lipinski definition) is 3. The van der Waals surface area contributed by atoms with E-state index in [0.29, 0.717) is 6.04 Å². The summed E-state index contributed by atoms with van der Waals surface area (Å²) in [7, 11) is 0. The zero-order chi connectivity index (χ0) is 8.81. The maximum Gasteiger partial charge on any atom is 0.141 e. The molecule has 2 N–H and O–H groups in total. The minimum Gasteiger partial charge on any atom is -0.308 e. The minimum absolute atomic E-state index is 0.336. The molecule has 0 aromatic carbocycles. The van der Waals surface area contributed by atoms with Gasteiger partial charge in [-0.15, -0.1) is 0 Å². The Morgan fingerprint density at radius 2 is 2.42 bits per heavy atom. The number of hydrogen-bond donors (Lipinski definition) is 2. The van der Waals surface area contributed by atoms with E-state index in [2.05, 4.69) is 34.3 Å². The summed E-state index contributed by atoms with van der Waals surface area (Å²) in [6.07, 6.45) is 3.80. The van der Waals surface area contributed by atoms with Crippen molar-refractivity contribution >= 4 is 0 Å². The number of nitrogens with one attached hydrogen (secondary N) is 2. The Hall–Kier alpha value is -0.900. The summed E-state index contributed by atoms with van der Waals surface area (Å²) >= 11 is 0. The fourth-order valence-corrected chi connectivity index (χ4v) is 1.25. The average molecular weight is 168 g/mol. The van der Waals surface area contributed by atoms with Crippen LogP contribution >= 0.6 is 0 Å². The molecule has 1 rings (SSSR count). The molecule has 1 aromatic heterocycles. The van der Waals surface area contributed by atoms with Gasteiger partial charge in [0, 0.05) is 0 Å². The molecule has 1 heterocycles. The smallest absolute Gasteiger partial charge is 0.141 e. The van der Waals surface area contributed by atoms with E-state index in [9.17, 15) is 0 Å². The Morgan fingerprint density at radius 3 is 2.92 bits per heavy atom. The molecule has 1 unspecified atom stereocenters. The third kappa shape index (κ3) is 2.30. The van der Waals surface area contributed by atoms with Gasteiger partial charge in [-0.25, -0.2) is 4.98 Å². The Labute approximate surface area is 72.8 Å². The van der Waals surface area contributed by atoms with Crippen molar-refractivity contribution in [2.24, 2.45) is 0 Å². The lowest BCUT2D eigenvalue weighted by Crippen LogP contribution is -2.21. The third-order valence-electron chi connectivity index (χ3n) is 1.79. The van der Waals surface area contributed by atoms with Gasteiger partial charge in [-0.3, -0.25) is 5.10 Å². The minimum atomic E-state index is 0.336. The fraction of sp³-hybridized carbons (Fsp3) is 0.750. The molecular formula is C8H16N4. The Balaban J connectivity index is 2.53. The van der Waals surface area contributed by atoms with Crippen LogP contribution in [0.15, 0.2) is 6.33 Å². The van der Waals surface area contributed by atoms with Crippen molar-refractivity contribution in [2.45, 2.75) is 32.7 Å². The summed E-state index contributed by atoms with van der Waals surface area (Å²) in [5, 5.41) is 10.1. The maximum atomic E-state index is 4.12. The quantitative estimate of drug-likeness (QED) is 0.695. The molecule has 4 heteroatoms. The lowest BCUT2D eigenvalue weighted by molar-refractivity contribution is 0.487. The van der Waals surface area contributed by atoms with Crippen molar-refractivity contribution in [2.75, 3.05) is 6.54 Å². The van der Waals surface area contributed by atoms with Gasteiger partial charge in [0.2, 0.25) is 0 Å². The van der Waals surface area contributed by atoms with Crippen LogP contribution < -0.4 is 5.32 Å². The predicted molar refractivity (Wildman–Crippen MR) is 47.7 cm³/mol. The molecule has 0 fully saturated rings. The number of nitrogens with zero attached hydrogens (tertiary/aromatic N) is 2. The second-order valence-corrected chi connectivity index (χ2v) is 2.77. The first-order valence-corrected chi connectivity index (χ1v) is 4.47. The summed E-state index contributed by atoms with van der Waals surface area (Å²) in [5.74, 6) is 0.943. The van der Waals surface area contributed by atoms with E-state index in [1.165, 1.54) is 0 Å². The van der Waals surface area contributed by atoms with Gasteiger partial charge < -0.3 is 5.32 Å². The largest absolute Gasteiger partial charge is 0.308 e. The molecule has 68 valence electrons. The first kappa shape index (κ1) is 9.19. The normalized spacial score (nSPS) is 13.2. The molecule has 1 aromatic rings. The van der Waals surface area contributed by atoms with Crippen molar-refractivity contribution in [1.29, 1.82) is 0 Å². The monoisotopic (exact) mass is 168 g/mol. The van der Waals surface area contributed by atoms with Gasteiger partial charge in [-0.1, -0.05) is 20.3 Å². The van der Waals surface area contributed by atoms with Crippen molar-refractivity contribution in [1.82, 2.24) is 20.5 Å². The summed E-state index contributed by atoms with van der Waals surface area (Å²) in [6, 6.07) is 0.336. The number of aromatic amines is 1. The fourth-order valence-electron chi connectivity index (χ4n) is 1.25. The maximum absolute atomic E-state index is 4.12. The summed E-state index contributed by atoms with van der Waals surface area (Å²) < 4.78 is 0. The molecular weight excluding hydrogens is 152 g/mol. The summed E-state index contributed by atoms with van der Waals surface area (Å²) in [5.41, 5.74) is 0. The van der Waals surface area contributed by atoms with Gasteiger partial charge in [0.1, 0.15) is 12.2 Å². The van der Waals surface area contributed by atoms with Crippen LogP contribution in [0.1, 0.15) is 38.6 Å². The van der Waals surface area contributed by atoms with Crippen LogP contribution in [-0.2, 0) is 0 Å². The van der Waals surface area contributed by atoms with Crippen molar-refractivity contribution in [3.8, 4) is 0 Å². The van der Waals surface area contributed by atoms with E-state index in [0.717, 1.165) is 25.2 Å². The summed E-state index contributed by atoms with van der Waals surface area (Å²) in [6.45, 7) is 5.23. The Bertz CT molecular complexity index is 189. The molecule has 0 amide bonds. The molecule has 0 aliphatic heterocycles. The third-order valence-corrected chi connectivity index (χ3v) is 1.79. The Kier molecular flexibility index (Phi) is 3.73. The molecule has 4 nitrogen and oxygen atoms in total.